The molecule has 0 aromatic heterocycles. The number of benzene rings is 2. The summed E-state index contributed by atoms with van der Waals surface area (Å²) in [7, 11) is 5.88. The molecule has 2 aromatic carbocycles. The van der Waals surface area contributed by atoms with Gasteiger partial charge in [-0.3, -0.25) is 4.99 Å². The van der Waals surface area contributed by atoms with Gasteiger partial charge in [0, 0.05) is 44.9 Å². The summed E-state index contributed by atoms with van der Waals surface area (Å²) in [5, 5.41) is 7.45. The average molecular weight is 345 g/mol. The molecular formula is C19H25ClN4. The van der Waals surface area contributed by atoms with Crippen LogP contribution in [0.2, 0.25) is 5.02 Å². The van der Waals surface area contributed by atoms with E-state index in [-0.39, 0.29) is 0 Å². The summed E-state index contributed by atoms with van der Waals surface area (Å²) < 4.78 is 0. The summed E-state index contributed by atoms with van der Waals surface area (Å²) in [6.45, 7) is 1.56. The number of nitrogens with zero attached hydrogens (tertiary/aromatic N) is 2. The lowest BCUT2D eigenvalue weighted by Gasteiger charge is -2.15. The first-order valence-electron chi connectivity index (χ1n) is 8.03. The van der Waals surface area contributed by atoms with Crippen molar-refractivity contribution in [1.29, 1.82) is 0 Å². The maximum atomic E-state index is 5.90. The van der Waals surface area contributed by atoms with E-state index in [0.717, 1.165) is 30.5 Å². The number of hydrogen-bond donors (Lipinski definition) is 2. The highest BCUT2D eigenvalue weighted by Gasteiger charge is 2.01. The normalized spacial score (nSPS) is 11.2. The van der Waals surface area contributed by atoms with Gasteiger partial charge in [0.1, 0.15) is 0 Å². The van der Waals surface area contributed by atoms with Gasteiger partial charge < -0.3 is 15.5 Å². The smallest absolute Gasteiger partial charge is 0.191 e. The summed E-state index contributed by atoms with van der Waals surface area (Å²) in [6.07, 6.45) is 0.925. The fourth-order valence-corrected chi connectivity index (χ4v) is 2.45. The molecule has 0 aliphatic rings. The molecule has 4 nitrogen and oxygen atoms in total. The van der Waals surface area contributed by atoms with Crippen LogP contribution in [0.25, 0.3) is 0 Å². The van der Waals surface area contributed by atoms with Crippen molar-refractivity contribution >= 4 is 23.2 Å². The van der Waals surface area contributed by atoms with Crippen LogP contribution in [-0.2, 0) is 13.0 Å². The molecule has 0 radical (unpaired) electrons. The van der Waals surface area contributed by atoms with Gasteiger partial charge in [-0.2, -0.15) is 0 Å². The average Bonchev–Trinajstić information content (AvgIpc) is 2.59. The number of nitrogens with one attached hydrogen (secondary N) is 2. The van der Waals surface area contributed by atoms with E-state index in [9.17, 15) is 0 Å². The van der Waals surface area contributed by atoms with Gasteiger partial charge in [-0.25, -0.2) is 0 Å². The quantitative estimate of drug-likeness (QED) is 0.624. The van der Waals surface area contributed by atoms with Crippen LogP contribution in [0.1, 0.15) is 11.1 Å². The molecular weight excluding hydrogens is 320 g/mol. The highest BCUT2D eigenvalue weighted by molar-refractivity contribution is 6.30. The molecule has 2 aromatic rings. The van der Waals surface area contributed by atoms with Crippen molar-refractivity contribution in [3.05, 3.63) is 64.7 Å². The molecule has 2 N–H and O–H groups in total. The highest BCUT2D eigenvalue weighted by Crippen LogP contribution is 2.13. The predicted octanol–water partition coefficient (Wildman–Crippen LogP) is 3.31. The number of guanidine groups is 1. The van der Waals surface area contributed by atoms with Crippen LogP contribution in [0, 0.1) is 0 Å². The van der Waals surface area contributed by atoms with Crippen LogP contribution >= 0.6 is 11.6 Å². The van der Waals surface area contributed by atoms with Crippen LogP contribution in [0.4, 0.5) is 5.69 Å². The zero-order valence-corrected chi connectivity index (χ0v) is 15.3. The summed E-state index contributed by atoms with van der Waals surface area (Å²) in [6, 6.07) is 16.4. The Kier molecular flexibility index (Phi) is 6.94. The number of anilines is 1. The lowest BCUT2D eigenvalue weighted by molar-refractivity contribution is 0.794. The fraction of sp³-hybridized carbons (Fsp3) is 0.316. The minimum Gasteiger partial charge on any atom is -0.378 e. The second kappa shape index (κ2) is 9.18. The van der Waals surface area contributed by atoms with E-state index in [4.69, 9.17) is 11.6 Å². The maximum Gasteiger partial charge on any atom is 0.191 e. The van der Waals surface area contributed by atoms with Gasteiger partial charge in [-0.1, -0.05) is 35.9 Å². The first kappa shape index (κ1) is 18.1. The van der Waals surface area contributed by atoms with Gasteiger partial charge in [-0.15, -0.1) is 0 Å². The first-order valence-corrected chi connectivity index (χ1v) is 8.41. The van der Waals surface area contributed by atoms with E-state index < -0.39 is 0 Å². The molecule has 0 heterocycles. The maximum absolute atomic E-state index is 5.90. The van der Waals surface area contributed by atoms with Crippen molar-refractivity contribution in [2.45, 2.75) is 13.0 Å². The zero-order valence-electron chi connectivity index (χ0n) is 14.5. The predicted molar refractivity (Wildman–Crippen MR) is 104 cm³/mol. The zero-order chi connectivity index (χ0) is 17.4. The van der Waals surface area contributed by atoms with Crippen molar-refractivity contribution in [1.82, 2.24) is 10.6 Å². The van der Waals surface area contributed by atoms with Crippen LogP contribution < -0.4 is 15.5 Å². The van der Waals surface area contributed by atoms with Gasteiger partial charge >= 0.3 is 0 Å². The van der Waals surface area contributed by atoms with Gasteiger partial charge in [-0.05, 0) is 41.8 Å². The van der Waals surface area contributed by atoms with Gasteiger partial charge in [0.05, 0.1) is 0 Å². The number of halogens is 1. The Labute approximate surface area is 149 Å². The van der Waals surface area contributed by atoms with Crippen LogP contribution in [-0.4, -0.2) is 33.6 Å². The van der Waals surface area contributed by atoms with Crippen molar-refractivity contribution in [2.75, 3.05) is 32.6 Å². The molecule has 0 aliphatic carbocycles. The molecule has 0 spiro atoms. The third-order valence-electron chi connectivity index (χ3n) is 3.73. The van der Waals surface area contributed by atoms with Crippen molar-refractivity contribution in [3.8, 4) is 0 Å². The highest BCUT2D eigenvalue weighted by atomic mass is 35.5. The van der Waals surface area contributed by atoms with E-state index in [1.807, 2.05) is 38.4 Å². The van der Waals surface area contributed by atoms with E-state index in [1.165, 1.54) is 16.8 Å². The SMILES string of the molecule is CN=C(NCCc1ccc(Cl)cc1)NCc1cccc(N(C)C)c1. The molecule has 0 saturated heterocycles. The third-order valence-corrected chi connectivity index (χ3v) is 3.98. The molecule has 0 amide bonds. The van der Waals surface area contributed by atoms with Crippen LogP contribution in [0.15, 0.2) is 53.5 Å². The number of aliphatic imine (C=N–C) groups is 1. The number of rotatable bonds is 6. The Morgan fingerprint density at radius 1 is 1.04 bits per heavy atom. The van der Waals surface area contributed by atoms with Gasteiger partial charge in [0.15, 0.2) is 5.96 Å². The summed E-state index contributed by atoms with van der Waals surface area (Å²) in [4.78, 5) is 6.37. The van der Waals surface area contributed by atoms with Crippen LogP contribution in [0.3, 0.4) is 0 Å². The second-order valence-electron chi connectivity index (χ2n) is 5.79. The molecule has 0 bridgehead atoms. The van der Waals surface area contributed by atoms with E-state index in [1.54, 1.807) is 7.05 Å². The Morgan fingerprint density at radius 3 is 2.46 bits per heavy atom. The second-order valence-corrected chi connectivity index (χ2v) is 6.23. The molecule has 5 heteroatoms. The Morgan fingerprint density at radius 2 is 1.79 bits per heavy atom. The lowest BCUT2D eigenvalue weighted by atomic mass is 10.1. The monoisotopic (exact) mass is 344 g/mol. The molecule has 2 rings (SSSR count). The molecule has 0 fully saturated rings. The van der Waals surface area contributed by atoms with E-state index >= 15 is 0 Å². The van der Waals surface area contributed by atoms with Crippen molar-refractivity contribution in [2.24, 2.45) is 4.99 Å². The first-order chi connectivity index (χ1) is 11.6. The molecule has 24 heavy (non-hydrogen) atoms. The largest absolute Gasteiger partial charge is 0.378 e. The molecule has 0 saturated carbocycles. The molecule has 0 unspecified atom stereocenters. The van der Waals surface area contributed by atoms with E-state index in [2.05, 4.69) is 44.8 Å². The third kappa shape index (κ3) is 5.78. The minimum absolute atomic E-state index is 0.738. The lowest BCUT2D eigenvalue weighted by Crippen LogP contribution is -2.37. The van der Waals surface area contributed by atoms with E-state index in [0.29, 0.717) is 0 Å². The van der Waals surface area contributed by atoms with Gasteiger partial charge in [0.2, 0.25) is 0 Å². The standard InChI is InChI=1S/C19H25ClN4/c1-21-19(22-12-11-15-7-9-17(20)10-8-15)23-14-16-5-4-6-18(13-16)24(2)3/h4-10,13H,11-12,14H2,1-3H3,(H2,21,22,23). The Balaban J connectivity index is 1.80. The van der Waals surface area contributed by atoms with Crippen molar-refractivity contribution in [3.63, 3.8) is 0 Å². The summed E-state index contributed by atoms with van der Waals surface area (Å²) >= 11 is 5.90. The summed E-state index contributed by atoms with van der Waals surface area (Å²) in [5.41, 5.74) is 3.67. The Bertz CT molecular complexity index is 665. The fourth-order valence-electron chi connectivity index (χ4n) is 2.33. The Hall–Kier alpha value is -2.20. The topological polar surface area (TPSA) is 39.7 Å². The molecule has 0 atom stereocenters. The van der Waals surface area contributed by atoms with Crippen LogP contribution in [0.5, 0.6) is 0 Å². The molecule has 0 aliphatic heterocycles. The number of hydrogen-bond acceptors (Lipinski definition) is 2. The molecule has 128 valence electrons. The van der Waals surface area contributed by atoms with Gasteiger partial charge in [0.25, 0.3) is 0 Å². The summed E-state index contributed by atoms with van der Waals surface area (Å²) in [5.74, 6) is 0.805. The van der Waals surface area contributed by atoms with Crippen molar-refractivity contribution < 1.29 is 0 Å². The minimum atomic E-state index is 0.738.